The standard InChI is InChI=1S/C13H25N3/c1-6-8-14-11(13(3,4)7-2)12-15-9-10-16(12)5/h9-11,14H,6-8H2,1-5H3. The Morgan fingerprint density at radius 1 is 1.44 bits per heavy atom. The van der Waals surface area contributed by atoms with Crippen LogP contribution in [0.1, 0.15) is 52.4 Å². The van der Waals surface area contributed by atoms with E-state index >= 15 is 0 Å². The maximum atomic E-state index is 4.48. The number of hydrogen-bond donors (Lipinski definition) is 1. The minimum Gasteiger partial charge on any atom is -0.337 e. The van der Waals surface area contributed by atoms with Crippen LogP contribution in [0.4, 0.5) is 0 Å². The number of nitrogens with one attached hydrogen (secondary N) is 1. The first-order valence-corrected chi connectivity index (χ1v) is 6.23. The molecular formula is C13H25N3. The second kappa shape index (κ2) is 5.48. The van der Waals surface area contributed by atoms with E-state index in [-0.39, 0.29) is 5.41 Å². The monoisotopic (exact) mass is 223 g/mol. The number of nitrogens with zero attached hydrogens (tertiary/aromatic N) is 2. The van der Waals surface area contributed by atoms with E-state index in [2.05, 4.69) is 49.6 Å². The van der Waals surface area contributed by atoms with Gasteiger partial charge in [-0.1, -0.05) is 27.7 Å². The molecule has 1 atom stereocenters. The average molecular weight is 223 g/mol. The molecule has 0 aliphatic carbocycles. The van der Waals surface area contributed by atoms with E-state index < -0.39 is 0 Å². The Hall–Kier alpha value is -0.830. The van der Waals surface area contributed by atoms with Crippen LogP contribution in [0.2, 0.25) is 0 Å². The lowest BCUT2D eigenvalue weighted by atomic mass is 9.81. The molecule has 3 nitrogen and oxygen atoms in total. The van der Waals surface area contributed by atoms with Crippen LogP contribution in [0.5, 0.6) is 0 Å². The normalized spacial score (nSPS) is 14.1. The van der Waals surface area contributed by atoms with Crippen molar-refractivity contribution >= 4 is 0 Å². The molecule has 1 unspecified atom stereocenters. The average Bonchev–Trinajstić information content (AvgIpc) is 2.65. The second-order valence-corrected chi connectivity index (χ2v) is 5.13. The molecule has 1 aromatic rings. The van der Waals surface area contributed by atoms with Crippen LogP contribution < -0.4 is 5.32 Å². The zero-order valence-electron chi connectivity index (χ0n) is 11.2. The van der Waals surface area contributed by atoms with Gasteiger partial charge in [0, 0.05) is 19.4 Å². The van der Waals surface area contributed by atoms with Gasteiger partial charge in [0.2, 0.25) is 0 Å². The maximum Gasteiger partial charge on any atom is 0.126 e. The van der Waals surface area contributed by atoms with Crippen molar-refractivity contribution in [3.63, 3.8) is 0 Å². The van der Waals surface area contributed by atoms with Gasteiger partial charge in [0.1, 0.15) is 5.82 Å². The van der Waals surface area contributed by atoms with Crippen LogP contribution in [0.25, 0.3) is 0 Å². The predicted molar refractivity (Wildman–Crippen MR) is 68.3 cm³/mol. The molecule has 92 valence electrons. The van der Waals surface area contributed by atoms with Crippen LogP contribution in [0.15, 0.2) is 12.4 Å². The van der Waals surface area contributed by atoms with E-state index in [0.29, 0.717) is 6.04 Å². The summed E-state index contributed by atoms with van der Waals surface area (Å²) >= 11 is 0. The van der Waals surface area contributed by atoms with Gasteiger partial charge in [0.05, 0.1) is 6.04 Å². The summed E-state index contributed by atoms with van der Waals surface area (Å²) in [5.41, 5.74) is 0.230. The van der Waals surface area contributed by atoms with Crippen molar-refractivity contribution < 1.29 is 0 Å². The van der Waals surface area contributed by atoms with Crippen molar-refractivity contribution in [2.45, 2.75) is 46.6 Å². The third kappa shape index (κ3) is 2.85. The fraction of sp³-hybridized carbons (Fsp3) is 0.769. The minimum absolute atomic E-state index is 0.230. The van der Waals surface area contributed by atoms with Gasteiger partial charge in [-0.05, 0) is 24.8 Å². The van der Waals surface area contributed by atoms with Crippen LogP contribution in [0, 0.1) is 5.41 Å². The Kier molecular flexibility index (Phi) is 4.54. The Bertz CT molecular complexity index is 315. The van der Waals surface area contributed by atoms with Crippen LogP contribution in [-0.4, -0.2) is 16.1 Å². The van der Waals surface area contributed by atoms with Crippen molar-refractivity contribution in [3.05, 3.63) is 18.2 Å². The van der Waals surface area contributed by atoms with E-state index in [1.165, 1.54) is 0 Å². The Morgan fingerprint density at radius 2 is 2.12 bits per heavy atom. The zero-order valence-corrected chi connectivity index (χ0v) is 11.2. The molecule has 0 aliphatic rings. The summed E-state index contributed by atoms with van der Waals surface area (Å²) in [5.74, 6) is 1.14. The van der Waals surface area contributed by atoms with Gasteiger partial charge in [-0.2, -0.15) is 0 Å². The van der Waals surface area contributed by atoms with E-state index in [4.69, 9.17) is 0 Å². The van der Waals surface area contributed by atoms with Gasteiger partial charge in [-0.25, -0.2) is 4.98 Å². The second-order valence-electron chi connectivity index (χ2n) is 5.13. The fourth-order valence-electron chi connectivity index (χ4n) is 1.87. The largest absolute Gasteiger partial charge is 0.337 e. The number of imidazole rings is 1. The molecule has 1 N–H and O–H groups in total. The van der Waals surface area contributed by atoms with Crippen molar-refractivity contribution in [1.82, 2.24) is 14.9 Å². The number of rotatable bonds is 6. The lowest BCUT2D eigenvalue weighted by molar-refractivity contribution is 0.222. The molecule has 0 spiro atoms. The molecule has 1 rings (SSSR count). The predicted octanol–water partition coefficient (Wildman–Crippen LogP) is 2.90. The van der Waals surface area contributed by atoms with E-state index in [9.17, 15) is 0 Å². The van der Waals surface area contributed by atoms with Crippen molar-refractivity contribution in [3.8, 4) is 0 Å². The topological polar surface area (TPSA) is 29.9 Å². The molecular weight excluding hydrogens is 198 g/mol. The Labute approximate surface area is 99.3 Å². The van der Waals surface area contributed by atoms with E-state index in [1.54, 1.807) is 0 Å². The first-order valence-electron chi connectivity index (χ1n) is 6.23. The molecule has 1 aromatic heterocycles. The Balaban J connectivity index is 2.92. The molecule has 3 heteroatoms. The molecule has 16 heavy (non-hydrogen) atoms. The van der Waals surface area contributed by atoms with Crippen molar-refractivity contribution in [1.29, 1.82) is 0 Å². The summed E-state index contributed by atoms with van der Waals surface area (Å²) in [4.78, 5) is 4.48. The third-order valence-corrected chi connectivity index (χ3v) is 3.41. The van der Waals surface area contributed by atoms with Gasteiger partial charge in [0.25, 0.3) is 0 Å². The number of aryl methyl sites for hydroxylation is 1. The highest BCUT2D eigenvalue weighted by Crippen LogP contribution is 2.35. The first kappa shape index (κ1) is 13.2. The maximum absolute atomic E-state index is 4.48. The summed E-state index contributed by atoms with van der Waals surface area (Å²) < 4.78 is 2.12. The van der Waals surface area contributed by atoms with E-state index in [1.807, 2.05) is 12.4 Å². The summed E-state index contributed by atoms with van der Waals surface area (Å²) in [6.07, 6.45) is 6.19. The Morgan fingerprint density at radius 3 is 2.56 bits per heavy atom. The molecule has 0 saturated heterocycles. The first-order chi connectivity index (χ1) is 7.53. The molecule has 0 aromatic carbocycles. The highest BCUT2D eigenvalue weighted by molar-refractivity contribution is 5.03. The number of aromatic nitrogens is 2. The highest BCUT2D eigenvalue weighted by Gasteiger charge is 2.31. The molecule has 1 heterocycles. The van der Waals surface area contributed by atoms with Crippen molar-refractivity contribution in [2.75, 3.05) is 6.54 Å². The van der Waals surface area contributed by atoms with Crippen LogP contribution in [-0.2, 0) is 7.05 Å². The molecule has 0 bridgehead atoms. The van der Waals surface area contributed by atoms with Crippen molar-refractivity contribution in [2.24, 2.45) is 12.5 Å². The lowest BCUT2D eigenvalue weighted by Gasteiger charge is -2.33. The lowest BCUT2D eigenvalue weighted by Crippen LogP contribution is -2.36. The molecule has 0 aliphatic heterocycles. The summed E-state index contributed by atoms with van der Waals surface area (Å²) in [6, 6.07) is 0.331. The van der Waals surface area contributed by atoms with Gasteiger partial charge in [0.15, 0.2) is 0 Å². The van der Waals surface area contributed by atoms with Crippen LogP contribution >= 0.6 is 0 Å². The fourth-order valence-corrected chi connectivity index (χ4v) is 1.87. The molecule has 0 saturated carbocycles. The minimum atomic E-state index is 0.230. The summed E-state index contributed by atoms with van der Waals surface area (Å²) in [5, 5.41) is 3.62. The van der Waals surface area contributed by atoms with Gasteiger partial charge < -0.3 is 9.88 Å². The SMILES string of the molecule is CCCNC(c1nccn1C)C(C)(C)CC. The summed E-state index contributed by atoms with van der Waals surface area (Å²) in [7, 11) is 2.06. The molecule has 0 radical (unpaired) electrons. The molecule has 0 fully saturated rings. The summed E-state index contributed by atoms with van der Waals surface area (Å²) in [6.45, 7) is 10.1. The third-order valence-electron chi connectivity index (χ3n) is 3.41. The smallest absolute Gasteiger partial charge is 0.126 e. The van der Waals surface area contributed by atoms with Gasteiger partial charge >= 0.3 is 0 Å². The zero-order chi connectivity index (χ0) is 12.2. The van der Waals surface area contributed by atoms with Gasteiger partial charge in [-0.15, -0.1) is 0 Å². The highest BCUT2D eigenvalue weighted by atomic mass is 15.1. The quantitative estimate of drug-likeness (QED) is 0.803. The van der Waals surface area contributed by atoms with Crippen LogP contribution in [0.3, 0.4) is 0 Å². The van der Waals surface area contributed by atoms with Gasteiger partial charge in [-0.3, -0.25) is 0 Å². The van der Waals surface area contributed by atoms with E-state index in [0.717, 1.165) is 25.2 Å². The number of hydrogen-bond acceptors (Lipinski definition) is 2. The molecule has 0 amide bonds.